The number of carbonyl (C=O) groups is 1. The van der Waals surface area contributed by atoms with E-state index in [1.165, 1.54) is 0 Å². The lowest BCUT2D eigenvalue weighted by Gasteiger charge is -2.21. The van der Waals surface area contributed by atoms with Crippen molar-refractivity contribution in [3.63, 3.8) is 0 Å². The van der Waals surface area contributed by atoms with Gasteiger partial charge in [0.2, 0.25) is 11.7 Å². The summed E-state index contributed by atoms with van der Waals surface area (Å²) in [6.07, 6.45) is 2.37. The number of rotatable bonds is 2. The third-order valence-corrected chi connectivity index (χ3v) is 3.80. The number of aromatic nitrogens is 6. The van der Waals surface area contributed by atoms with Gasteiger partial charge in [0.1, 0.15) is 0 Å². The van der Waals surface area contributed by atoms with Gasteiger partial charge in [0.15, 0.2) is 5.82 Å². The summed E-state index contributed by atoms with van der Waals surface area (Å²) in [4.78, 5) is 11.9. The molecule has 3 heterocycles. The van der Waals surface area contributed by atoms with Crippen molar-refractivity contribution >= 4 is 11.7 Å². The van der Waals surface area contributed by atoms with E-state index in [1.807, 2.05) is 37.5 Å². The lowest BCUT2D eigenvalue weighted by atomic mass is 9.87. The average molecular weight is 295 g/mol. The number of aromatic amines is 1. The minimum absolute atomic E-state index is 0.0109. The van der Waals surface area contributed by atoms with E-state index in [2.05, 4.69) is 31.0 Å². The third-order valence-electron chi connectivity index (χ3n) is 3.80. The smallest absolute Gasteiger partial charge is 0.226 e. The molecule has 1 unspecified atom stereocenters. The number of hydrogen-bond donors (Lipinski definition) is 2. The van der Waals surface area contributed by atoms with E-state index in [9.17, 15) is 4.79 Å². The molecule has 1 aliphatic rings. The van der Waals surface area contributed by atoms with Gasteiger partial charge in [-0.2, -0.15) is 10.3 Å². The van der Waals surface area contributed by atoms with E-state index >= 15 is 0 Å². The molecule has 0 radical (unpaired) electrons. The lowest BCUT2D eigenvalue weighted by Crippen LogP contribution is -2.22. The molecule has 0 saturated carbocycles. The molecule has 0 spiro atoms. The normalized spacial score (nSPS) is 17.1. The van der Waals surface area contributed by atoms with Crippen LogP contribution in [0.15, 0.2) is 30.5 Å². The number of carbonyl (C=O) groups excluding carboxylic acids is 1. The number of fused-ring (bicyclic) bond motifs is 1. The number of nitrogens with one attached hydrogen (secondary N) is 2. The number of benzene rings is 1. The Bertz CT molecular complexity index is 820. The molecule has 1 atom stereocenters. The summed E-state index contributed by atoms with van der Waals surface area (Å²) in [6, 6.07) is 7.85. The molecule has 0 saturated heterocycles. The fourth-order valence-corrected chi connectivity index (χ4v) is 2.78. The maximum Gasteiger partial charge on any atom is 0.226 e. The first-order valence-electron chi connectivity index (χ1n) is 6.88. The summed E-state index contributed by atoms with van der Waals surface area (Å²) in [5.74, 6) is 1.19. The standard InChI is InChI=1S/C14H13N7O/c1-21-7-11-10(6-12(22)15-14(11)18-21)8-2-4-9(5-3-8)13-16-19-20-17-13/h2-5,7,10H,6H2,1H3,(H,15,18,22)(H,16,17,19,20). The predicted octanol–water partition coefficient (Wildman–Crippen LogP) is 1.07. The zero-order valence-corrected chi connectivity index (χ0v) is 11.8. The predicted molar refractivity (Wildman–Crippen MR) is 77.9 cm³/mol. The Labute approximate surface area is 125 Å². The highest BCUT2D eigenvalue weighted by atomic mass is 16.1. The Morgan fingerprint density at radius 1 is 1.27 bits per heavy atom. The highest BCUT2D eigenvalue weighted by Crippen LogP contribution is 2.36. The van der Waals surface area contributed by atoms with Crippen LogP contribution >= 0.6 is 0 Å². The summed E-state index contributed by atoms with van der Waals surface area (Å²) in [6.45, 7) is 0. The zero-order chi connectivity index (χ0) is 15.1. The molecule has 1 aromatic carbocycles. The summed E-state index contributed by atoms with van der Waals surface area (Å²) in [5, 5.41) is 21.0. The number of amides is 1. The number of tetrazole rings is 1. The largest absolute Gasteiger partial charge is 0.309 e. The van der Waals surface area contributed by atoms with Gasteiger partial charge in [-0.1, -0.05) is 24.3 Å². The number of aryl methyl sites for hydroxylation is 1. The molecule has 3 aromatic rings. The minimum atomic E-state index is -0.0153. The molecule has 8 heteroatoms. The van der Waals surface area contributed by atoms with Crippen LogP contribution in [0, 0.1) is 0 Å². The molecule has 0 aliphatic carbocycles. The van der Waals surface area contributed by atoms with Crippen LogP contribution in [0.3, 0.4) is 0 Å². The SMILES string of the molecule is Cn1cc2c(n1)NC(=O)CC2c1ccc(-c2nn[nH]n2)cc1. The van der Waals surface area contributed by atoms with E-state index in [1.54, 1.807) is 4.68 Å². The van der Waals surface area contributed by atoms with E-state index in [-0.39, 0.29) is 11.8 Å². The van der Waals surface area contributed by atoms with E-state index in [4.69, 9.17) is 0 Å². The quantitative estimate of drug-likeness (QED) is 0.736. The number of anilines is 1. The van der Waals surface area contributed by atoms with Crippen molar-refractivity contribution in [1.82, 2.24) is 30.4 Å². The van der Waals surface area contributed by atoms with Crippen LogP contribution in [0.25, 0.3) is 11.4 Å². The number of H-pyrrole nitrogens is 1. The Balaban J connectivity index is 1.71. The Kier molecular flexibility index (Phi) is 2.75. The fraction of sp³-hybridized carbons (Fsp3) is 0.214. The molecule has 2 N–H and O–H groups in total. The summed E-state index contributed by atoms with van der Waals surface area (Å²) < 4.78 is 1.72. The van der Waals surface area contributed by atoms with E-state index in [0.717, 1.165) is 16.7 Å². The van der Waals surface area contributed by atoms with Crippen molar-refractivity contribution in [3.05, 3.63) is 41.6 Å². The second-order valence-electron chi connectivity index (χ2n) is 5.27. The van der Waals surface area contributed by atoms with Gasteiger partial charge in [0.25, 0.3) is 0 Å². The van der Waals surface area contributed by atoms with Gasteiger partial charge in [-0.15, -0.1) is 10.2 Å². The molecule has 4 rings (SSSR count). The topological polar surface area (TPSA) is 101 Å². The Hall–Kier alpha value is -3.03. The van der Waals surface area contributed by atoms with Crippen LogP contribution < -0.4 is 5.32 Å². The molecule has 1 amide bonds. The van der Waals surface area contributed by atoms with Gasteiger partial charge < -0.3 is 5.32 Å². The molecular formula is C14H13N7O. The molecule has 1 aliphatic heterocycles. The maximum atomic E-state index is 11.9. The minimum Gasteiger partial charge on any atom is -0.309 e. The fourth-order valence-electron chi connectivity index (χ4n) is 2.78. The van der Waals surface area contributed by atoms with Crippen molar-refractivity contribution in [2.75, 3.05) is 5.32 Å². The molecule has 0 fully saturated rings. The summed E-state index contributed by atoms with van der Waals surface area (Å²) in [7, 11) is 1.85. The van der Waals surface area contributed by atoms with E-state index < -0.39 is 0 Å². The van der Waals surface area contributed by atoms with Crippen molar-refractivity contribution in [2.45, 2.75) is 12.3 Å². The molecule has 0 bridgehead atoms. The van der Waals surface area contributed by atoms with Crippen LogP contribution in [0.5, 0.6) is 0 Å². The highest BCUT2D eigenvalue weighted by molar-refractivity contribution is 5.94. The van der Waals surface area contributed by atoms with Crippen LogP contribution in [0.1, 0.15) is 23.5 Å². The van der Waals surface area contributed by atoms with Crippen LogP contribution in [0.2, 0.25) is 0 Å². The van der Waals surface area contributed by atoms with Gasteiger partial charge >= 0.3 is 0 Å². The Morgan fingerprint density at radius 2 is 2.09 bits per heavy atom. The van der Waals surface area contributed by atoms with Gasteiger partial charge in [-0.25, -0.2) is 0 Å². The Morgan fingerprint density at radius 3 is 2.82 bits per heavy atom. The second kappa shape index (κ2) is 4.76. The first-order chi connectivity index (χ1) is 10.7. The summed E-state index contributed by atoms with van der Waals surface area (Å²) >= 11 is 0. The third kappa shape index (κ3) is 2.05. The van der Waals surface area contributed by atoms with Crippen molar-refractivity contribution < 1.29 is 4.79 Å². The molecule has 2 aromatic heterocycles. The number of nitrogens with zero attached hydrogens (tertiary/aromatic N) is 5. The van der Waals surface area contributed by atoms with Gasteiger partial charge in [-0.3, -0.25) is 9.48 Å². The molecular weight excluding hydrogens is 282 g/mol. The van der Waals surface area contributed by atoms with Crippen LogP contribution in [-0.4, -0.2) is 36.3 Å². The summed E-state index contributed by atoms with van der Waals surface area (Å²) in [5.41, 5.74) is 2.98. The monoisotopic (exact) mass is 295 g/mol. The van der Waals surface area contributed by atoms with Crippen molar-refractivity contribution in [3.8, 4) is 11.4 Å². The first kappa shape index (κ1) is 12.7. The zero-order valence-electron chi connectivity index (χ0n) is 11.8. The van der Waals surface area contributed by atoms with Gasteiger partial charge in [0, 0.05) is 36.7 Å². The van der Waals surface area contributed by atoms with Gasteiger partial charge in [-0.05, 0) is 10.8 Å². The average Bonchev–Trinajstić information content (AvgIpc) is 3.15. The molecule has 110 valence electrons. The van der Waals surface area contributed by atoms with Crippen molar-refractivity contribution in [2.24, 2.45) is 7.05 Å². The van der Waals surface area contributed by atoms with Gasteiger partial charge in [0.05, 0.1) is 0 Å². The number of hydrogen-bond acceptors (Lipinski definition) is 5. The highest BCUT2D eigenvalue weighted by Gasteiger charge is 2.28. The van der Waals surface area contributed by atoms with E-state index in [0.29, 0.717) is 18.1 Å². The first-order valence-corrected chi connectivity index (χ1v) is 6.88. The maximum absolute atomic E-state index is 11.9. The van der Waals surface area contributed by atoms with Crippen molar-refractivity contribution in [1.29, 1.82) is 0 Å². The van der Waals surface area contributed by atoms with Crippen LogP contribution in [0.4, 0.5) is 5.82 Å². The molecule has 22 heavy (non-hydrogen) atoms. The second-order valence-corrected chi connectivity index (χ2v) is 5.27. The lowest BCUT2D eigenvalue weighted by molar-refractivity contribution is -0.116. The molecule has 8 nitrogen and oxygen atoms in total. The van der Waals surface area contributed by atoms with Crippen LogP contribution in [-0.2, 0) is 11.8 Å².